The highest BCUT2D eigenvalue weighted by Crippen LogP contribution is 2.15. The van der Waals surface area contributed by atoms with Crippen molar-refractivity contribution < 1.29 is 17.2 Å². The summed E-state index contributed by atoms with van der Waals surface area (Å²) in [7, 11) is -3.08. The lowest BCUT2D eigenvalue weighted by atomic mass is 10.5. The van der Waals surface area contributed by atoms with Gasteiger partial charge in [0.15, 0.2) is 0 Å². The minimum Gasteiger partial charge on any atom is -0.271 e. The standard InChI is InChI=1S/C7H10F2N2O2S/c1-14(12,13)5-4-11-3-2-6(10-11)7(8)9/h2-3,7H,4-5H2,1H3. The van der Waals surface area contributed by atoms with Crippen LogP contribution >= 0.6 is 0 Å². The first-order valence-corrected chi connectivity index (χ1v) is 5.94. The van der Waals surface area contributed by atoms with Gasteiger partial charge < -0.3 is 0 Å². The van der Waals surface area contributed by atoms with Gasteiger partial charge in [-0.15, -0.1) is 0 Å². The molecule has 7 heteroatoms. The number of aromatic nitrogens is 2. The van der Waals surface area contributed by atoms with Gasteiger partial charge in [-0.1, -0.05) is 0 Å². The molecule has 14 heavy (non-hydrogen) atoms. The summed E-state index contributed by atoms with van der Waals surface area (Å²) in [4.78, 5) is 0. The van der Waals surface area contributed by atoms with Crippen molar-refractivity contribution >= 4 is 9.84 Å². The Kier molecular flexibility index (Phi) is 3.20. The molecular weight excluding hydrogens is 214 g/mol. The Bertz CT molecular complexity index is 400. The molecule has 0 radical (unpaired) electrons. The minimum absolute atomic E-state index is 0.0998. The summed E-state index contributed by atoms with van der Waals surface area (Å²) in [5.74, 6) is -0.0998. The minimum atomic E-state index is -3.08. The van der Waals surface area contributed by atoms with E-state index in [1.165, 1.54) is 16.9 Å². The summed E-state index contributed by atoms with van der Waals surface area (Å²) in [5.41, 5.74) is -0.335. The molecule has 0 aliphatic rings. The Balaban J connectivity index is 2.61. The highest BCUT2D eigenvalue weighted by Gasteiger charge is 2.11. The number of rotatable bonds is 4. The van der Waals surface area contributed by atoms with Crippen LogP contribution in [0, 0.1) is 0 Å². The number of nitrogens with zero attached hydrogens (tertiary/aromatic N) is 2. The van der Waals surface area contributed by atoms with Crippen molar-refractivity contribution in [2.24, 2.45) is 0 Å². The van der Waals surface area contributed by atoms with Crippen molar-refractivity contribution in [3.63, 3.8) is 0 Å². The molecule has 0 saturated heterocycles. The van der Waals surface area contributed by atoms with Crippen molar-refractivity contribution in [3.8, 4) is 0 Å². The Labute approximate surface area is 80.5 Å². The summed E-state index contributed by atoms with van der Waals surface area (Å²) in [5, 5.41) is 3.52. The highest BCUT2D eigenvalue weighted by molar-refractivity contribution is 7.90. The van der Waals surface area contributed by atoms with Crippen molar-refractivity contribution in [2.45, 2.75) is 13.0 Å². The van der Waals surface area contributed by atoms with Crippen molar-refractivity contribution in [1.82, 2.24) is 9.78 Å². The van der Waals surface area contributed by atoms with Crippen LogP contribution in [0.5, 0.6) is 0 Å². The largest absolute Gasteiger partial charge is 0.282 e. The van der Waals surface area contributed by atoms with E-state index in [4.69, 9.17) is 0 Å². The van der Waals surface area contributed by atoms with Crippen LogP contribution in [0.1, 0.15) is 12.1 Å². The van der Waals surface area contributed by atoms with E-state index >= 15 is 0 Å². The van der Waals surface area contributed by atoms with Gasteiger partial charge in [0.1, 0.15) is 15.5 Å². The fourth-order valence-corrected chi connectivity index (χ4v) is 1.40. The first kappa shape index (κ1) is 11.1. The quantitative estimate of drug-likeness (QED) is 0.762. The van der Waals surface area contributed by atoms with Gasteiger partial charge in [-0.3, -0.25) is 4.68 Å². The number of halogens is 2. The molecule has 0 unspecified atom stereocenters. The van der Waals surface area contributed by atoms with Gasteiger partial charge in [0.2, 0.25) is 0 Å². The van der Waals surface area contributed by atoms with Gasteiger partial charge in [0.25, 0.3) is 6.43 Å². The van der Waals surface area contributed by atoms with E-state index in [2.05, 4.69) is 5.10 Å². The van der Waals surface area contributed by atoms with Crippen LogP contribution in [-0.2, 0) is 16.4 Å². The van der Waals surface area contributed by atoms with E-state index in [-0.39, 0.29) is 18.0 Å². The van der Waals surface area contributed by atoms with Gasteiger partial charge in [-0.2, -0.15) is 5.10 Å². The monoisotopic (exact) mass is 224 g/mol. The second kappa shape index (κ2) is 4.04. The zero-order chi connectivity index (χ0) is 10.8. The average molecular weight is 224 g/mol. The third-order valence-electron chi connectivity index (χ3n) is 1.58. The van der Waals surface area contributed by atoms with E-state index in [0.717, 1.165) is 6.26 Å². The fraction of sp³-hybridized carbons (Fsp3) is 0.571. The maximum Gasteiger partial charge on any atom is 0.282 e. The molecule has 0 bridgehead atoms. The lowest BCUT2D eigenvalue weighted by Crippen LogP contribution is -2.11. The number of aryl methyl sites for hydroxylation is 1. The predicted molar refractivity (Wildman–Crippen MR) is 46.9 cm³/mol. The van der Waals surface area contributed by atoms with Gasteiger partial charge in [0, 0.05) is 12.5 Å². The third kappa shape index (κ3) is 3.41. The zero-order valence-electron chi connectivity index (χ0n) is 7.52. The van der Waals surface area contributed by atoms with E-state index < -0.39 is 16.3 Å². The molecule has 0 aliphatic carbocycles. The molecule has 0 saturated carbocycles. The molecule has 4 nitrogen and oxygen atoms in total. The van der Waals surface area contributed by atoms with Crippen LogP contribution in [0.2, 0.25) is 0 Å². The van der Waals surface area contributed by atoms with Crippen LogP contribution < -0.4 is 0 Å². The molecule has 0 spiro atoms. The number of alkyl halides is 2. The predicted octanol–water partition coefficient (Wildman–Crippen LogP) is 0.865. The number of sulfone groups is 1. The second-order valence-corrected chi connectivity index (χ2v) is 5.19. The molecule has 1 aromatic heterocycles. The number of hydrogen-bond donors (Lipinski definition) is 0. The Morgan fingerprint density at radius 2 is 2.21 bits per heavy atom. The number of hydrogen-bond acceptors (Lipinski definition) is 3. The lowest BCUT2D eigenvalue weighted by Gasteiger charge is -1.99. The summed E-state index contributed by atoms with van der Waals surface area (Å²) in [6.45, 7) is 0.103. The summed E-state index contributed by atoms with van der Waals surface area (Å²) in [6, 6.07) is 1.17. The summed E-state index contributed by atoms with van der Waals surface area (Å²) in [6.07, 6.45) is -0.188. The maximum absolute atomic E-state index is 12.1. The molecule has 80 valence electrons. The van der Waals surface area contributed by atoms with Crippen molar-refractivity contribution in [3.05, 3.63) is 18.0 Å². The lowest BCUT2D eigenvalue weighted by molar-refractivity contribution is 0.145. The average Bonchev–Trinajstić information content (AvgIpc) is 2.47. The molecule has 1 rings (SSSR count). The van der Waals surface area contributed by atoms with E-state index in [1.54, 1.807) is 0 Å². The fourth-order valence-electron chi connectivity index (χ4n) is 0.878. The smallest absolute Gasteiger partial charge is 0.271 e. The molecule has 0 fully saturated rings. The van der Waals surface area contributed by atoms with Crippen LogP contribution in [0.25, 0.3) is 0 Å². The zero-order valence-corrected chi connectivity index (χ0v) is 8.34. The molecule has 1 aromatic rings. The SMILES string of the molecule is CS(=O)(=O)CCn1ccc(C(F)F)n1. The van der Waals surface area contributed by atoms with Gasteiger partial charge in [-0.05, 0) is 6.07 Å². The molecule has 0 amide bonds. The van der Waals surface area contributed by atoms with Crippen LogP contribution in [-0.4, -0.2) is 30.2 Å². The Morgan fingerprint density at radius 1 is 1.57 bits per heavy atom. The molecule has 0 N–H and O–H groups in total. The van der Waals surface area contributed by atoms with E-state index in [0.29, 0.717) is 0 Å². The summed E-state index contributed by atoms with van der Waals surface area (Å²) < 4.78 is 46.8. The van der Waals surface area contributed by atoms with Crippen molar-refractivity contribution in [2.75, 3.05) is 12.0 Å². The normalized spacial score (nSPS) is 12.3. The maximum atomic E-state index is 12.1. The molecule has 1 heterocycles. The van der Waals surface area contributed by atoms with Crippen LogP contribution in [0.3, 0.4) is 0 Å². The summed E-state index contributed by atoms with van der Waals surface area (Å²) >= 11 is 0. The first-order valence-electron chi connectivity index (χ1n) is 3.88. The van der Waals surface area contributed by atoms with E-state index in [9.17, 15) is 17.2 Å². The molecular formula is C7H10F2N2O2S. The Morgan fingerprint density at radius 3 is 2.64 bits per heavy atom. The Hall–Kier alpha value is -0.980. The highest BCUT2D eigenvalue weighted by atomic mass is 32.2. The third-order valence-corrected chi connectivity index (χ3v) is 2.50. The van der Waals surface area contributed by atoms with Gasteiger partial charge in [0.05, 0.1) is 12.3 Å². The van der Waals surface area contributed by atoms with E-state index in [1.807, 2.05) is 0 Å². The molecule has 0 atom stereocenters. The van der Waals surface area contributed by atoms with Crippen LogP contribution in [0.15, 0.2) is 12.3 Å². The molecule has 0 aromatic carbocycles. The second-order valence-electron chi connectivity index (χ2n) is 2.93. The van der Waals surface area contributed by atoms with Crippen molar-refractivity contribution in [1.29, 1.82) is 0 Å². The topological polar surface area (TPSA) is 52.0 Å². The molecule has 0 aliphatic heterocycles. The first-order chi connectivity index (χ1) is 6.38. The van der Waals surface area contributed by atoms with Crippen LogP contribution in [0.4, 0.5) is 8.78 Å². The van der Waals surface area contributed by atoms with Gasteiger partial charge >= 0.3 is 0 Å². The van der Waals surface area contributed by atoms with Gasteiger partial charge in [-0.25, -0.2) is 17.2 Å².